The van der Waals surface area contributed by atoms with Crippen LogP contribution in [0.2, 0.25) is 0 Å². The number of hydrogen-bond acceptors (Lipinski definition) is 5. The second kappa shape index (κ2) is 6.47. The fraction of sp³-hybridized carbons (Fsp3) is 0.286. The first-order chi connectivity index (χ1) is 9.62. The van der Waals surface area contributed by atoms with Crippen molar-refractivity contribution in [3.8, 4) is 17.2 Å². The van der Waals surface area contributed by atoms with Crippen LogP contribution in [0.25, 0.3) is 0 Å². The lowest BCUT2D eigenvalue weighted by molar-refractivity contribution is 0.347. The number of ether oxygens (including phenoxy) is 3. The maximum absolute atomic E-state index is 6.36. The fourth-order valence-electron chi connectivity index (χ4n) is 1.96. The van der Waals surface area contributed by atoms with Crippen molar-refractivity contribution in [3.63, 3.8) is 0 Å². The van der Waals surface area contributed by atoms with Crippen LogP contribution in [0.5, 0.6) is 17.2 Å². The quantitative estimate of drug-likeness (QED) is 0.888. The van der Waals surface area contributed by atoms with Crippen LogP contribution in [0, 0.1) is 0 Å². The predicted molar refractivity (Wildman–Crippen MR) is 84.1 cm³/mol. The van der Waals surface area contributed by atoms with Crippen LogP contribution in [0.4, 0.5) is 0 Å². The summed E-state index contributed by atoms with van der Waals surface area (Å²) in [5.41, 5.74) is 7.21. The Morgan fingerprint density at radius 3 is 2.15 bits per heavy atom. The molecule has 0 aliphatic heterocycles. The smallest absolute Gasteiger partial charge is 0.164 e. The summed E-state index contributed by atoms with van der Waals surface area (Å²) < 4.78 is 17.0. The number of rotatable bonds is 5. The van der Waals surface area contributed by atoms with Crippen LogP contribution >= 0.6 is 27.3 Å². The Morgan fingerprint density at radius 1 is 1.05 bits per heavy atom. The van der Waals surface area contributed by atoms with Crippen molar-refractivity contribution in [1.82, 2.24) is 0 Å². The van der Waals surface area contributed by atoms with Gasteiger partial charge in [0, 0.05) is 21.0 Å². The van der Waals surface area contributed by atoms with Gasteiger partial charge in [0.05, 0.1) is 27.4 Å². The van der Waals surface area contributed by atoms with E-state index in [4.69, 9.17) is 19.9 Å². The first kappa shape index (κ1) is 15.2. The highest BCUT2D eigenvalue weighted by Gasteiger charge is 2.21. The lowest BCUT2D eigenvalue weighted by Gasteiger charge is -2.18. The molecule has 0 saturated carbocycles. The Kier molecular flexibility index (Phi) is 4.91. The molecule has 2 aromatic rings. The zero-order valence-electron chi connectivity index (χ0n) is 11.5. The number of benzene rings is 1. The average molecular weight is 358 g/mol. The largest absolute Gasteiger partial charge is 0.496 e. The molecule has 2 rings (SSSR count). The van der Waals surface area contributed by atoms with Crippen molar-refractivity contribution >= 4 is 27.3 Å². The van der Waals surface area contributed by atoms with Gasteiger partial charge >= 0.3 is 0 Å². The third kappa shape index (κ3) is 2.77. The monoisotopic (exact) mass is 357 g/mol. The van der Waals surface area contributed by atoms with Gasteiger partial charge in [0.25, 0.3) is 0 Å². The van der Waals surface area contributed by atoms with Gasteiger partial charge in [0.15, 0.2) is 11.5 Å². The maximum atomic E-state index is 6.36. The molecule has 6 heteroatoms. The summed E-state index contributed by atoms with van der Waals surface area (Å²) in [6, 6.07) is 5.33. The minimum absolute atomic E-state index is 0.292. The summed E-state index contributed by atoms with van der Waals surface area (Å²) in [4.78, 5) is 1.04. The molecule has 4 nitrogen and oxygen atoms in total. The molecule has 0 saturated heterocycles. The van der Waals surface area contributed by atoms with Gasteiger partial charge in [-0.05, 0) is 33.4 Å². The van der Waals surface area contributed by atoms with Gasteiger partial charge in [-0.15, -0.1) is 11.3 Å². The maximum Gasteiger partial charge on any atom is 0.164 e. The molecule has 0 amide bonds. The zero-order valence-corrected chi connectivity index (χ0v) is 13.9. The molecule has 1 heterocycles. The molecule has 0 spiro atoms. The zero-order chi connectivity index (χ0) is 14.7. The first-order valence-corrected chi connectivity index (χ1v) is 7.58. The molecule has 0 aliphatic rings. The lowest BCUT2D eigenvalue weighted by atomic mass is 10.0. The molecule has 0 radical (unpaired) electrons. The van der Waals surface area contributed by atoms with Gasteiger partial charge in [-0.2, -0.15) is 0 Å². The molecule has 1 atom stereocenters. The van der Waals surface area contributed by atoms with Crippen LogP contribution in [0.1, 0.15) is 16.5 Å². The Labute approximate surface area is 130 Å². The molecule has 0 fully saturated rings. The fourth-order valence-corrected chi connectivity index (χ4v) is 3.60. The Hall–Kier alpha value is -1.24. The SMILES string of the molecule is COc1cc(OC)c(C(N)c2sccc2Br)cc1OC. The number of thiophene rings is 1. The van der Waals surface area contributed by atoms with E-state index in [9.17, 15) is 0 Å². The van der Waals surface area contributed by atoms with Crippen molar-refractivity contribution in [3.05, 3.63) is 38.5 Å². The number of halogens is 1. The highest BCUT2D eigenvalue weighted by atomic mass is 79.9. The van der Waals surface area contributed by atoms with Gasteiger partial charge in [-0.1, -0.05) is 0 Å². The molecule has 1 aromatic carbocycles. The molecular weight excluding hydrogens is 342 g/mol. The van der Waals surface area contributed by atoms with E-state index < -0.39 is 0 Å². The summed E-state index contributed by atoms with van der Waals surface area (Å²) >= 11 is 5.10. The van der Waals surface area contributed by atoms with Crippen molar-refractivity contribution in [1.29, 1.82) is 0 Å². The van der Waals surface area contributed by atoms with Crippen LogP contribution in [0.3, 0.4) is 0 Å². The number of hydrogen-bond donors (Lipinski definition) is 1. The predicted octanol–water partition coefficient (Wildman–Crippen LogP) is 3.58. The standard InChI is InChI=1S/C14H16BrNO3S/c1-17-10-7-12(19-3)11(18-2)6-8(10)13(16)14-9(15)4-5-20-14/h4-7,13H,16H2,1-3H3. The van der Waals surface area contributed by atoms with Gasteiger partial charge in [-0.3, -0.25) is 0 Å². The normalized spacial score (nSPS) is 12.1. The lowest BCUT2D eigenvalue weighted by Crippen LogP contribution is -2.12. The Bertz CT molecular complexity index is 600. The first-order valence-electron chi connectivity index (χ1n) is 5.90. The Balaban J connectivity index is 2.52. The minimum atomic E-state index is -0.292. The summed E-state index contributed by atoms with van der Waals surface area (Å²) in [7, 11) is 4.80. The third-order valence-corrected chi connectivity index (χ3v) is 4.95. The molecule has 1 aromatic heterocycles. The molecule has 108 valence electrons. The van der Waals surface area contributed by atoms with Crippen LogP contribution in [-0.4, -0.2) is 21.3 Å². The number of nitrogens with two attached hydrogens (primary N) is 1. The molecule has 0 aliphatic carbocycles. The van der Waals surface area contributed by atoms with E-state index in [2.05, 4.69) is 15.9 Å². The summed E-state index contributed by atoms with van der Waals surface area (Å²) in [6.45, 7) is 0. The van der Waals surface area contributed by atoms with Crippen LogP contribution in [0.15, 0.2) is 28.1 Å². The molecule has 20 heavy (non-hydrogen) atoms. The van der Waals surface area contributed by atoms with E-state index in [0.717, 1.165) is 14.9 Å². The van der Waals surface area contributed by atoms with E-state index in [1.807, 2.05) is 17.5 Å². The van der Waals surface area contributed by atoms with Gasteiger partial charge in [0.2, 0.25) is 0 Å². The van der Waals surface area contributed by atoms with Gasteiger partial charge in [0.1, 0.15) is 5.75 Å². The van der Waals surface area contributed by atoms with Crippen molar-refractivity contribution in [2.45, 2.75) is 6.04 Å². The summed E-state index contributed by atoms with van der Waals surface area (Å²) in [5, 5.41) is 1.99. The second-order valence-electron chi connectivity index (χ2n) is 4.06. The van der Waals surface area contributed by atoms with Gasteiger partial charge in [-0.25, -0.2) is 0 Å². The Morgan fingerprint density at radius 2 is 1.65 bits per heavy atom. The average Bonchev–Trinajstić information content (AvgIpc) is 2.91. The second-order valence-corrected chi connectivity index (χ2v) is 5.86. The van der Waals surface area contributed by atoms with Crippen LogP contribution in [-0.2, 0) is 0 Å². The highest BCUT2D eigenvalue weighted by molar-refractivity contribution is 9.10. The minimum Gasteiger partial charge on any atom is -0.496 e. The number of methoxy groups -OCH3 is 3. The molecule has 0 bridgehead atoms. The van der Waals surface area contributed by atoms with E-state index in [-0.39, 0.29) is 6.04 Å². The van der Waals surface area contributed by atoms with Crippen LogP contribution < -0.4 is 19.9 Å². The van der Waals surface area contributed by atoms with E-state index in [1.54, 1.807) is 38.7 Å². The molecule has 1 unspecified atom stereocenters. The topological polar surface area (TPSA) is 53.7 Å². The van der Waals surface area contributed by atoms with Crippen molar-refractivity contribution < 1.29 is 14.2 Å². The van der Waals surface area contributed by atoms with E-state index >= 15 is 0 Å². The van der Waals surface area contributed by atoms with E-state index in [1.165, 1.54) is 0 Å². The summed E-state index contributed by atoms with van der Waals surface area (Å²) in [6.07, 6.45) is 0. The van der Waals surface area contributed by atoms with Crippen molar-refractivity contribution in [2.75, 3.05) is 21.3 Å². The highest BCUT2D eigenvalue weighted by Crippen LogP contribution is 2.41. The van der Waals surface area contributed by atoms with E-state index in [0.29, 0.717) is 17.2 Å². The molecular formula is C14H16BrNO3S. The molecule has 2 N–H and O–H groups in total. The van der Waals surface area contributed by atoms with Crippen molar-refractivity contribution in [2.24, 2.45) is 5.73 Å². The third-order valence-electron chi connectivity index (χ3n) is 3.00. The summed E-state index contributed by atoms with van der Waals surface area (Å²) in [5.74, 6) is 1.92. The van der Waals surface area contributed by atoms with Gasteiger partial charge < -0.3 is 19.9 Å².